The van der Waals surface area contributed by atoms with Crippen molar-refractivity contribution in [2.24, 2.45) is 5.73 Å². The molecule has 0 unspecified atom stereocenters. The molecule has 0 saturated carbocycles. The van der Waals surface area contributed by atoms with E-state index in [2.05, 4.69) is 30.7 Å². The van der Waals surface area contributed by atoms with Crippen molar-refractivity contribution in [3.63, 3.8) is 0 Å². The molecular weight excluding hydrogens is 384 g/mol. The van der Waals surface area contributed by atoms with Gasteiger partial charge in [-0.05, 0) is 50.9 Å². The van der Waals surface area contributed by atoms with Gasteiger partial charge in [0, 0.05) is 26.8 Å². The largest absolute Gasteiger partial charge is 0.465 e. The Kier molecular flexibility index (Phi) is 7.48. The van der Waals surface area contributed by atoms with Crippen molar-refractivity contribution in [3.8, 4) is 0 Å². The number of fused-ring (bicyclic) bond motifs is 1. The highest BCUT2D eigenvalue weighted by molar-refractivity contribution is 6.76. The van der Waals surface area contributed by atoms with Crippen LogP contribution in [0.4, 0.5) is 4.79 Å². The zero-order valence-electron chi connectivity index (χ0n) is 18.7. The fourth-order valence-corrected chi connectivity index (χ4v) is 3.92. The minimum atomic E-state index is -1.14. The maximum atomic E-state index is 11.6. The Morgan fingerprint density at radius 3 is 2.55 bits per heavy atom. The number of ether oxygens (including phenoxy) is 1. The molecule has 0 aliphatic heterocycles. The smallest absolute Gasteiger partial charge is 0.407 e. The van der Waals surface area contributed by atoms with Gasteiger partial charge in [-0.25, -0.2) is 9.78 Å². The number of amides is 1. The Hall–Kier alpha value is -1.90. The lowest BCUT2D eigenvalue weighted by atomic mass is 10.0. The third kappa shape index (κ3) is 6.55. The molecule has 29 heavy (non-hydrogen) atoms. The molecule has 0 bridgehead atoms. The third-order valence-corrected chi connectivity index (χ3v) is 6.66. The first-order valence-corrected chi connectivity index (χ1v) is 13.9. The monoisotopic (exact) mass is 420 g/mol. The Bertz CT molecular complexity index is 837. The van der Waals surface area contributed by atoms with Crippen molar-refractivity contribution >= 4 is 25.2 Å². The highest BCUT2D eigenvalue weighted by atomic mass is 28.3. The van der Waals surface area contributed by atoms with E-state index in [0.717, 1.165) is 35.1 Å². The first-order chi connectivity index (χ1) is 13.4. The van der Waals surface area contributed by atoms with Gasteiger partial charge in [-0.1, -0.05) is 25.7 Å². The van der Waals surface area contributed by atoms with Gasteiger partial charge in [-0.15, -0.1) is 0 Å². The van der Waals surface area contributed by atoms with Crippen LogP contribution >= 0.6 is 0 Å². The number of rotatable bonds is 9. The van der Waals surface area contributed by atoms with Gasteiger partial charge in [-0.3, -0.25) is 0 Å². The Morgan fingerprint density at radius 1 is 1.31 bits per heavy atom. The van der Waals surface area contributed by atoms with E-state index in [4.69, 9.17) is 10.5 Å². The number of carboxylic acid groups (broad SMARTS) is 1. The molecule has 0 atom stereocenters. The number of carbonyl (C=O) groups is 1. The van der Waals surface area contributed by atoms with E-state index < -0.39 is 19.7 Å². The van der Waals surface area contributed by atoms with Gasteiger partial charge in [0.25, 0.3) is 0 Å². The lowest BCUT2D eigenvalue weighted by Crippen LogP contribution is -2.45. The van der Waals surface area contributed by atoms with Crippen LogP contribution in [0.3, 0.4) is 0 Å². The topological polar surface area (TPSA) is 93.6 Å². The molecule has 8 heteroatoms. The van der Waals surface area contributed by atoms with Gasteiger partial charge in [0.15, 0.2) is 0 Å². The molecule has 3 N–H and O–H groups in total. The summed E-state index contributed by atoms with van der Waals surface area (Å²) in [6.45, 7) is 14.7. The predicted molar refractivity (Wildman–Crippen MR) is 120 cm³/mol. The van der Waals surface area contributed by atoms with E-state index in [1.54, 1.807) is 0 Å². The van der Waals surface area contributed by atoms with Crippen LogP contribution in [0.1, 0.15) is 32.2 Å². The number of imidazole rings is 1. The molecule has 2 aromatic rings. The molecule has 1 amide bonds. The van der Waals surface area contributed by atoms with Gasteiger partial charge in [0.05, 0.1) is 17.6 Å². The van der Waals surface area contributed by atoms with Gasteiger partial charge < -0.3 is 25.0 Å². The molecule has 0 fully saturated rings. The van der Waals surface area contributed by atoms with E-state index in [0.29, 0.717) is 26.2 Å². The molecule has 1 heterocycles. The summed E-state index contributed by atoms with van der Waals surface area (Å²) >= 11 is 0. The summed E-state index contributed by atoms with van der Waals surface area (Å²) in [6.07, 6.45) is -0.260. The van der Waals surface area contributed by atoms with Crippen molar-refractivity contribution in [3.05, 3.63) is 29.6 Å². The van der Waals surface area contributed by atoms with E-state index in [9.17, 15) is 9.90 Å². The van der Waals surface area contributed by atoms with Crippen LogP contribution in [-0.2, 0) is 24.4 Å². The van der Waals surface area contributed by atoms with Crippen LogP contribution < -0.4 is 5.73 Å². The number of aromatic nitrogens is 2. The van der Waals surface area contributed by atoms with E-state index >= 15 is 0 Å². The zero-order valence-corrected chi connectivity index (χ0v) is 19.7. The van der Waals surface area contributed by atoms with Crippen molar-refractivity contribution in [2.75, 3.05) is 13.2 Å². The molecule has 0 aliphatic carbocycles. The van der Waals surface area contributed by atoms with E-state index in [1.807, 2.05) is 37.5 Å². The Morgan fingerprint density at radius 2 is 2.00 bits per heavy atom. The Balaban J connectivity index is 2.17. The van der Waals surface area contributed by atoms with Crippen molar-refractivity contribution < 1.29 is 14.6 Å². The SMILES string of the molecule is CC(C)(C)N(CCc1ccc2nc(CN)n(COCC[Si](C)(C)C)c2c1)C(=O)O. The van der Waals surface area contributed by atoms with Gasteiger partial charge >= 0.3 is 6.09 Å². The minimum Gasteiger partial charge on any atom is -0.465 e. The first kappa shape index (κ1) is 23.4. The second-order valence-electron chi connectivity index (χ2n) is 9.69. The second-order valence-corrected chi connectivity index (χ2v) is 15.3. The van der Waals surface area contributed by atoms with Crippen LogP contribution in [-0.4, -0.2) is 52.4 Å². The lowest BCUT2D eigenvalue weighted by molar-refractivity contribution is 0.0879. The highest BCUT2D eigenvalue weighted by Gasteiger charge is 2.25. The summed E-state index contributed by atoms with van der Waals surface area (Å²) < 4.78 is 7.96. The predicted octanol–water partition coefficient (Wildman–Crippen LogP) is 4.13. The summed E-state index contributed by atoms with van der Waals surface area (Å²) in [6, 6.07) is 7.17. The maximum absolute atomic E-state index is 11.6. The standard InChI is InChI=1S/C21H36N4O3Si/c1-21(2,3)25(20(26)27)10-9-16-7-8-17-18(13-16)24(19(14-22)23-17)15-28-11-12-29(4,5)6/h7-8,13H,9-12,14-15,22H2,1-6H3,(H,26,27). The van der Waals surface area contributed by atoms with Gasteiger partial charge in [-0.2, -0.15) is 0 Å². The Labute approximate surface area is 174 Å². The molecule has 0 aliphatic rings. The second kappa shape index (κ2) is 9.28. The average molecular weight is 421 g/mol. The highest BCUT2D eigenvalue weighted by Crippen LogP contribution is 2.21. The summed E-state index contributed by atoms with van der Waals surface area (Å²) in [5.74, 6) is 0.798. The molecule has 0 saturated heterocycles. The fraction of sp³-hybridized carbons (Fsp3) is 0.619. The minimum absolute atomic E-state index is 0.345. The lowest BCUT2D eigenvalue weighted by Gasteiger charge is -2.33. The van der Waals surface area contributed by atoms with Crippen LogP contribution in [0.2, 0.25) is 25.7 Å². The van der Waals surface area contributed by atoms with Crippen molar-refractivity contribution in [2.45, 2.75) is 71.7 Å². The summed E-state index contributed by atoms with van der Waals surface area (Å²) in [7, 11) is -1.14. The van der Waals surface area contributed by atoms with Crippen LogP contribution in [0.25, 0.3) is 11.0 Å². The zero-order chi connectivity index (χ0) is 21.8. The molecule has 0 spiro atoms. The molecule has 1 aromatic heterocycles. The third-order valence-electron chi connectivity index (χ3n) is 4.96. The molecule has 1 aromatic carbocycles. The quantitative estimate of drug-likeness (QED) is 0.470. The van der Waals surface area contributed by atoms with Crippen molar-refractivity contribution in [1.29, 1.82) is 0 Å². The van der Waals surface area contributed by atoms with Gasteiger partial charge in [0.1, 0.15) is 12.6 Å². The number of hydrogen-bond acceptors (Lipinski definition) is 4. The number of hydrogen-bond donors (Lipinski definition) is 2. The van der Waals surface area contributed by atoms with Crippen LogP contribution in [0.15, 0.2) is 18.2 Å². The number of nitrogens with zero attached hydrogens (tertiary/aromatic N) is 3. The van der Waals surface area contributed by atoms with Crippen molar-refractivity contribution in [1.82, 2.24) is 14.5 Å². The number of nitrogens with two attached hydrogens (primary N) is 1. The molecular formula is C21H36N4O3Si. The molecule has 2 rings (SSSR count). The molecule has 0 radical (unpaired) electrons. The fourth-order valence-electron chi connectivity index (χ4n) is 3.17. The van der Waals surface area contributed by atoms with Crippen LogP contribution in [0.5, 0.6) is 0 Å². The van der Waals surface area contributed by atoms with E-state index in [-0.39, 0.29) is 0 Å². The normalized spacial score (nSPS) is 12.5. The molecule has 162 valence electrons. The first-order valence-electron chi connectivity index (χ1n) is 10.2. The van der Waals surface area contributed by atoms with Gasteiger partial charge in [0.2, 0.25) is 0 Å². The summed E-state index contributed by atoms with van der Waals surface area (Å²) in [5, 5.41) is 9.50. The molecule has 7 nitrogen and oxygen atoms in total. The summed E-state index contributed by atoms with van der Waals surface area (Å²) in [4.78, 5) is 17.7. The summed E-state index contributed by atoms with van der Waals surface area (Å²) in [5.41, 5.74) is 8.40. The maximum Gasteiger partial charge on any atom is 0.407 e. The van der Waals surface area contributed by atoms with Crippen LogP contribution in [0, 0.1) is 0 Å². The van der Waals surface area contributed by atoms with E-state index in [1.165, 1.54) is 4.90 Å². The number of benzene rings is 1. The average Bonchev–Trinajstić information content (AvgIpc) is 2.93.